The molecule has 0 aromatic heterocycles. The molecule has 0 spiro atoms. The van der Waals surface area contributed by atoms with E-state index in [1.165, 1.54) is 12.8 Å². The van der Waals surface area contributed by atoms with Gasteiger partial charge in [0.25, 0.3) is 0 Å². The molecule has 0 aromatic rings. The Labute approximate surface area is 123 Å². The zero-order valence-corrected chi connectivity index (χ0v) is 13.4. The van der Waals surface area contributed by atoms with Gasteiger partial charge in [0.15, 0.2) is 0 Å². The Morgan fingerprint density at radius 2 is 1.80 bits per heavy atom. The molecule has 2 fully saturated rings. The first-order valence-electron chi connectivity index (χ1n) is 8.14. The number of hydrogen-bond donors (Lipinski definition) is 1. The van der Waals surface area contributed by atoms with Crippen LogP contribution in [0.15, 0.2) is 0 Å². The van der Waals surface area contributed by atoms with Gasteiger partial charge < -0.3 is 10.6 Å². The van der Waals surface area contributed by atoms with Crippen molar-refractivity contribution < 1.29 is 4.79 Å². The summed E-state index contributed by atoms with van der Waals surface area (Å²) in [6.45, 7) is 10.5. The van der Waals surface area contributed by atoms with Crippen LogP contribution in [0.2, 0.25) is 0 Å². The minimum atomic E-state index is 0.214. The van der Waals surface area contributed by atoms with Crippen molar-refractivity contribution in [2.45, 2.75) is 64.5 Å². The first kappa shape index (κ1) is 15.8. The molecule has 2 N–H and O–H groups in total. The van der Waals surface area contributed by atoms with Gasteiger partial charge in [0.05, 0.1) is 0 Å². The summed E-state index contributed by atoms with van der Waals surface area (Å²) in [6.07, 6.45) is 5.25. The maximum Gasteiger partial charge on any atom is 0.222 e. The maximum atomic E-state index is 12.4. The summed E-state index contributed by atoms with van der Waals surface area (Å²) in [4.78, 5) is 16.9. The highest BCUT2D eigenvalue weighted by atomic mass is 16.2. The summed E-state index contributed by atoms with van der Waals surface area (Å²) < 4.78 is 0. The molecule has 1 amide bonds. The van der Waals surface area contributed by atoms with Crippen LogP contribution < -0.4 is 5.73 Å². The van der Waals surface area contributed by atoms with E-state index < -0.39 is 0 Å². The minimum absolute atomic E-state index is 0.214. The lowest BCUT2D eigenvalue weighted by atomic mass is 9.84. The largest absolute Gasteiger partial charge is 0.340 e. The van der Waals surface area contributed by atoms with Gasteiger partial charge in [0.1, 0.15) is 0 Å². The average molecular weight is 281 g/mol. The molecule has 1 saturated carbocycles. The molecule has 1 saturated heterocycles. The van der Waals surface area contributed by atoms with Crippen LogP contribution in [0.1, 0.15) is 52.9 Å². The van der Waals surface area contributed by atoms with Crippen molar-refractivity contribution in [2.75, 3.05) is 26.2 Å². The number of carbonyl (C=O) groups excluding carboxylic acids is 1. The fourth-order valence-corrected chi connectivity index (χ4v) is 3.52. The summed E-state index contributed by atoms with van der Waals surface area (Å²) in [6, 6.07) is 0.319. The lowest BCUT2D eigenvalue weighted by molar-refractivity contribution is -0.135. The number of rotatable bonds is 2. The molecule has 0 aromatic carbocycles. The maximum absolute atomic E-state index is 12.4. The number of carbonyl (C=O) groups is 1. The van der Waals surface area contributed by atoms with E-state index in [2.05, 4.69) is 30.6 Å². The molecular formula is C16H31N3O. The van der Waals surface area contributed by atoms with Crippen molar-refractivity contribution in [2.24, 2.45) is 11.7 Å². The van der Waals surface area contributed by atoms with Crippen LogP contribution in [0.5, 0.6) is 0 Å². The van der Waals surface area contributed by atoms with Crippen molar-refractivity contribution in [3.05, 3.63) is 0 Å². The normalized spacial score (nSPS) is 29.5. The van der Waals surface area contributed by atoms with Crippen LogP contribution in [0.25, 0.3) is 0 Å². The van der Waals surface area contributed by atoms with E-state index in [0.29, 0.717) is 24.3 Å². The molecule has 1 heterocycles. The molecular weight excluding hydrogens is 250 g/mol. The van der Waals surface area contributed by atoms with Gasteiger partial charge in [-0.2, -0.15) is 0 Å². The second kappa shape index (κ2) is 6.44. The molecule has 2 aliphatic rings. The van der Waals surface area contributed by atoms with Gasteiger partial charge in [-0.05, 0) is 46.0 Å². The molecule has 2 unspecified atom stereocenters. The molecule has 2 atom stereocenters. The number of hydrogen-bond acceptors (Lipinski definition) is 3. The third-order valence-electron chi connectivity index (χ3n) is 4.87. The van der Waals surface area contributed by atoms with Crippen molar-refractivity contribution >= 4 is 5.91 Å². The highest BCUT2D eigenvalue weighted by Gasteiger charge is 2.29. The summed E-state index contributed by atoms with van der Waals surface area (Å²) in [7, 11) is 0. The topological polar surface area (TPSA) is 49.6 Å². The van der Waals surface area contributed by atoms with E-state index in [1.54, 1.807) is 0 Å². The van der Waals surface area contributed by atoms with E-state index in [4.69, 9.17) is 5.73 Å². The molecule has 1 aliphatic carbocycles. The Hall–Kier alpha value is -0.610. The van der Waals surface area contributed by atoms with E-state index in [1.807, 2.05) is 0 Å². The Morgan fingerprint density at radius 1 is 1.15 bits per heavy atom. The van der Waals surface area contributed by atoms with Crippen LogP contribution in [0, 0.1) is 5.92 Å². The summed E-state index contributed by atoms with van der Waals surface area (Å²) in [5, 5.41) is 0. The quantitative estimate of drug-likeness (QED) is 0.840. The monoisotopic (exact) mass is 281 g/mol. The average Bonchev–Trinajstić information content (AvgIpc) is 2.38. The van der Waals surface area contributed by atoms with Gasteiger partial charge >= 0.3 is 0 Å². The molecule has 2 rings (SSSR count). The third-order valence-corrected chi connectivity index (χ3v) is 4.87. The second-order valence-electron chi connectivity index (χ2n) is 7.54. The summed E-state index contributed by atoms with van der Waals surface area (Å²) >= 11 is 0. The zero-order valence-electron chi connectivity index (χ0n) is 13.4. The van der Waals surface area contributed by atoms with E-state index >= 15 is 0 Å². The first-order chi connectivity index (χ1) is 9.36. The first-order valence-corrected chi connectivity index (χ1v) is 8.14. The zero-order chi connectivity index (χ0) is 14.8. The molecule has 4 heteroatoms. The molecule has 1 aliphatic heterocycles. The van der Waals surface area contributed by atoms with Gasteiger partial charge in [0, 0.05) is 44.2 Å². The van der Waals surface area contributed by atoms with Crippen LogP contribution in [0.3, 0.4) is 0 Å². The van der Waals surface area contributed by atoms with Crippen molar-refractivity contribution in [1.82, 2.24) is 9.80 Å². The predicted octanol–water partition coefficient (Wildman–Crippen LogP) is 1.84. The second-order valence-corrected chi connectivity index (χ2v) is 7.54. The minimum Gasteiger partial charge on any atom is -0.340 e. The molecule has 116 valence electrons. The Bertz CT molecular complexity index is 329. The lowest BCUT2D eigenvalue weighted by Crippen LogP contribution is -2.54. The van der Waals surface area contributed by atoms with Crippen LogP contribution in [-0.2, 0) is 4.79 Å². The standard InChI is InChI=1S/C16H31N3O/c1-16(2,3)19-9-7-18(8-10-19)15(20)12-13-5-4-6-14(17)11-13/h13-14H,4-12,17H2,1-3H3. The number of amides is 1. The van der Waals surface area contributed by atoms with Crippen molar-refractivity contribution in [3.8, 4) is 0 Å². The smallest absolute Gasteiger partial charge is 0.222 e. The number of nitrogens with zero attached hydrogens (tertiary/aromatic N) is 2. The fourth-order valence-electron chi connectivity index (χ4n) is 3.52. The Morgan fingerprint density at radius 3 is 2.35 bits per heavy atom. The van der Waals surface area contributed by atoms with Gasteiger partial charge in [0.2, 0.25) is 5.91 Å². The molecule has 4 nitrogen and oxygen atoms in total. The summed E-state index contributed by atoms with van der Waals surface area (Å²) in [5.41, 5.74) is 6.23. The fraction of sp³-hybridized carbons (Fsp3) is 0.938. The van der Waals surface area contributed by atoms with E-state index in [0.717, 1.165) is 39.0 Å². The number of piperazine rings is 1. The highest BCUT2D eigenvalue weighted by Crippen LogP contribution is 2.26. The van der Waals surface area contributed by atoms with Crippen LogP contribution >= 0.6 is 0 Å². The molecule has 0 radical (unpaired) electrons. The van der Waals surface area contributed by atoms with Crippen LogP contribution in [0.4, 0.5) is 0 Å². The number of nitrogens with two attached hydrogens (primary N) is 1. The van der Waals surface area contributed by atoms with Gasteiger partial charge in [-0.25, -0.2) is 0 Å². The Kier molecular flexibility index (Phi) is 5.08. The molecule has 0 bridgehead atoms. The van der Waals surface area contributed by atoms with Gasteiger partial charge in [-0.3, -0.25) is 9.69 Å². The van der Waals surface area contributed by atoms with Gasteiger partial charge in [-0.1, -0.05) is 6.42 Å². The van der Waals surface area contributed by atoms with Crippen molar-refractivity contribution in [1.29, 1.82) is 0 Å². The van der Waals surface area contributed by atoms with E-state index in [-0.39, 0.29) is 5.54 Å². The van der Waals surface area contributed by atoms with Crippen LogP contribution in [-0.4, -0.2) is 53.5 Å². The molecule has 20 heavy (non-hydrogen) atoms. The van der Waals surface area contributed by atoms with Gasteiger partial charge in [-0.15, -0.1) is 0 Å². The Balaban J connectivity index is 1.77. The van der Waals surface area contributed by atoms with Crippen molar-refractivity contribution in [3.63, 3.8) is 0 Å². The summed E-state index contributed by atoms with van der Waals surface area (Å²) in [5.74, 6) is 0.865. The highest BCUT2D eigenvalue weighted by molar-refractivity contribution is 5.76. The third kappa shape index (κ3) is 4.19. The SMILES string of the molecule is CC(C)(C)N1CCN(C(=O)CC2CCCC(N)C2)CC1. The lowest BCUT2D eigenvalue weighted by Gasteiger charge is -2.42. The predicted molar refractivity (Wildman–Crippen MR) is 82.5 cm³/mol. The van der Waals surface area contributed by atoms with E-state index in [9.17, 15) is 4.79 Å².